The Labute approximate surface area is 103 Å². The van der Waals surface area contributed by atoms with Gasteiger partial charge in [-0.3, -0.25) is 0 Å². The van der Waals surface area contributed by atoms with Crippen molar-refractivity contribution in [1.82, 2.24) is 4.90 Å². The van der Waals surface area contributed by atoms with Crippen LogP contribution < -0.4 is 4.90 Å². The second-order valence-corrected chi connectivity index (χ2v) is 4.87. The van der Waals surface area contributed by atoms with Gasteiger partial charge in [-0.05, 0) is 44.3 Å². The minimum atomic E-state index is 0.695. The van der Waals surface area contributed by atoms with Crippen molar-refractivity contribution in [3.63, 3.8) is 0 Å². The number of benzene rings is 1. The molecule has 0 N–H and O–H groups in total. The van der Waals surface area contributed by atoms with E-state index in [1.54, 1.807) is 0 Å². The van der Waals surface area contributed by atoms with Gasteiger partial charge in [0, 0.05) is 29.8 Å². The molecular weight excluding hydrogens is 220 g/mol. The van der Waals surface area contributed by atoms with Gasteiger partial charge in [-0.25, -0.2) is 0 Å². The summed E-state index contributed by atoms with van der Waals surface area (Å²) >= 11 is 5.89. The van der Waals surface area contributed by atoms with Gasteiger partial charge in [-0.15, -0.1) is 0 Å². The normalized spacial score (nSPS) is 20.8. The van der Waals surface area contributed by atoms with Crippen LogP contribution >= 0.6 is 11.6 Å². The second kappa shape index (κ2) is 5.07. The van der Waals surface area contributed by atoms with E-state index in [0.717, 1.165) is 24.7 Å². The zero-order chi connectivity index (χ0) is 11.5. The predicted molar refractivity (Wildman–Crippen MR) is 70.4 cm³/mol. The highest BCUT2D eigenvalue weighted by atomic mass is 35.5. The van der Waals surface area contributed by atoms with Crippen LogP contribution in [0.5, 0.6) is 0 Å². The summed E-state index contributed by atoms with van der Waals surface area (Å²) in [5.41, 5.74) is 1.29. The Morgan fingerprint density at radius 3 is 2.69 bits per heavy atom. The molecule has 1 unspecified atom stereocenters. The highest BCUT2D eigenvalue weighted by Gasteiger charge is 2.24. The molecule has 1 aromatic carbocycles. The molecule has 1 aromatic rings. The third-order valence-corrected chi connectivity index (χ3v) is 3.73. The summed E-state index contributed by atoms with van der Waals surface area (Å²) in [7, 11) is 2.20. The summed E-state index contributed by atoms with van der Waals surface area (Å²) in [5.74, 6) is 0. The molecule has 1 aliphatic heterocycles. The monoisotopic (exact) mass is 238 g/mol. The molecule has 0 radical (unpaired) electrons. The van der Waals surface area contributed by atoms with E-state index in [1.165, 1.54) is 12.1 Å². The zero-order valence-electron chi connectivity index (χ0n) is 9.99. The fraction of sp³-hybridized carbons (Fsp3) is 0.538. The highest BCUT2D eigenvalue weighted by Crippen LogP contribution is 2.23. The first-order chi connectivity index (χ1) is 7.70. The summed E-state index contributed by atoms with van der Waals surface area (Å²) in [6, 6.07) is 8.84. The first-order valence-electron chi connectivity index (χ1n) is 5.91. The topological polar surface area (TPSA) is 6.48 Å². The maximum Gasteiger partial charge on any atom is 0.0407 e. The Morgan fingerprint density at radius 1 is 1.38 bits per heavy atom. The molecule has 1 atom stereocenters. The van der Waals surface area contributed by atoms with Crippen LogP contribution in [-0.4, -0.2) is 37.6 Å². The predicted octanol–water partition coefficient (Wildman–Crippen LogP) is 2.87. The Morgan fingerprint density at radius 2 is 2.06 bits per heavy atom. The first kappa shape index (κ1) is 11.7. The lowest BCUT2D eigenvalue weighted by Gasteiger charge is -2.24. The maximum atomic E-state index is 5.89. The number of hydrogen-bond acceptors (Lipinski definition) is 2. The summed E-state index contributed by atoms with van der Waals surface area (Å²) < 4.78 is 0. The molecule has 1 fully saturated rings. The number of halogens is 1. The van der Waals surface area contributed by atoms with Gasteiger partial charge in [-0.1, -0.05) is 18.5 Å². The molecule has 0 amide bonds. The Balaban J connectivity index is 2.00. The smallest absolute Gasteiger partial charge is 0.0407 e. The number of nitrogens with zero attached hydrogens (tertiary/aromatic N) is 2. The number of rotatable bonds is 3. The van der Waals surface area contributed by atoms with Crippen LogP contribution in [-0.2, 0) is 0 Å². The number of anilines is 1. The molecule has 3 heteroatoms. The van der Waals surface area contributed by atoms with E-state index in [0.29, 0.717) is 6.04 Å². The van der Waals surface area contributed by atoms with E-state index < -0.39 is 0 Å². The van der Waals surface area contributed by atoms with E-state index in [1.807, 2.05) is 12.1 Å². The minimum Gasteiger partial charge on any atom is -0.370 e. The molecule has 2 rings (SSSR count). The highest BCUT2D eigenvalue weighted by molar-refractivity contribution is 6.30. The molecule has 2 nitrogen and oxygen atoms in total. The number of hydrogen-bond donors (Lipinski definition) is 0. The number of likely N-dealkylation sites (N-methyl/N-ethyl adjacent to an activating group) is 1. The van der Waals surface area contributed by atoms with Crippen molar-refractivity contribution < 1.29 is 0 Å². The molecule has 0 spiro atoms. The SMILES string of the molecule is CCN(C)C1CCN(c2ccc(Cl)cc2)C1. The van der Waals surface area contributed by atoms with E-state index >= 15 is 0 Å². The maximum absolute atomic E-state index is 5.89. The lowest BCUT2D eigenvalue weighted by molar-refractivity contribution is 0.272. The molecule has 0 saturated carbocycles. The average molecular weight is 239 g/mol. The average Bonchev–Trinajstić information content (AvgIpc) is 2.78. The third kappa shape index (κ3) is 2.50. The summed E-state index contributed by atoms with van der Waals surface area (Å²) in [6.45, 7) is 5.62. The standard InChI is InChI=1S/C13H19ClN2/c1-3-15(2)13-8-9-16(10-13)12-6-4-11(14)5-7-12/h4-7,13H,3,8-10H2,1-2H3. The Bertz CT molecular complexity index is 336. The molecule has 0 aromatic heterocycles. The second-order valence-electron chi connectivity index (χ2n) is 4.44. The van der Waals surface area contributed by atoms with Gasteiger partial charge in [-0.2, -0.15) is 0 Å². The first-order valence-corrected chi connectivity index (χ1v) is 6.29. The largest absolute Gasteiger partial charge is 0.370 e. The fourth-order valence-corrected chi connectivity index (χ4v) is 2.37. The third-order valence-electron chi connectivity index (χ3n) is 3.48. The van der Waals surface area contributed by atoms with Crippen molar-refractivity contribution >= 4 is 17.3 Å². The van der Waals surface area contributed by atoms with Gasteiger partial charge in [0.15, 0.2) is 0 Å². The van der Waals surface area contributed by atoms with Gasteiger partial charge in [0.1, 0.15) is 0 Å². The van der Waals surface area contributed by atoms with Crippen molar-refractivity contribution in [2.75, 3.05) is 31.6 Å². The fourth-order valence-electron chi connectivity index (χ4n) is 2.25. The van der Waals surface area contributed by atoms with E-state index in [2.05, 4.69) is 35.9 Å². The summed E-state index contributed by atoms with van der Waals surface area (Å²) in [6.07, 6.45) is 1.26. The van der Waals surface area contributed by atoms with E-state index in [-0.39, 0.29) is 0 Å². The molecule has 1 saturated heterocycles. The van der Waals surface area contributed by atoms with Crippen LogP contribution in [0.15, 0.2) is 24.3 Å². The molecule has 0 bridgehead atoms. The van der Waals surface area contributed by atoms with Gasteiger partial charge in [0.2, 0.25) is 0 Å². The molecule has 1 heterocycles. The molecule has 1 aliphatic rings. The van der Waals surface area contributed by atoms with E-state index in [9.17, 15) is 0 Å². The van der Waals surface area contributed by atoms with Crippen LogP contribution in [0.3, 0.4) is 0 Å². The van der Waals surface area contributed by atoms with Crippen molar-refractivity contribution in [1.29, 1.82) is 0 Å². The molecular formula is C13H19ClN2. The quantitative estimate of drug-likeness (QED) is 0.799. The van der Waals surface area contributed by atoms with Crippen molar-refractivity contribution in [3.05, 3.63) is 29.3 Å². The van der Waals surface area contributed by atoms with E-state index in [4.69, 9.17) is 11.6 Å². The van der Waals surface area contributed by atoms with Gasteiger partial charge >= 0.3 is 0 Å². The lowest BCUT2D eigenvalue weighted by atomic mass is 10.2. The van der Waals surface area contributed by atoms with Crippen LogP contribution in [0.4, 0.5) is 5.69 Å². The van der Waals surface area contributed by atoms with Crippen LogP contribution in [0.25, 0.3) is 0 Å². The molecule has 16 heavy (non-hydrogen) atoms. The zero-order valence-corrected chi connectivity index (χ0v) is 10.7. The van der Waals surface area contributed by atoms with Gasteiger partial charge < -0.3 is 9.80 Å². The summed E-state index contributed by atoms with van der Waals surface area (Å²) in [5, 5.41) is 0.810. The van der Waals surface area contributed by atoms with Crippen molar-refractivity contribution in [3.8, 4) is 0 Å². The van der Waals surface area contributed by atoms with Gasteiger partial charge in [0.05, 0.1) is 0 Å². The van der Waals surface area contributed by atoms with Gasteiger partial charge in [0.25, 0.3) is 0 Å². The Kier molecular flexibility index (Phi) is 3.72. The minimum absolute atomic E-state index is 0.695. The molecule has 0 aliphatic carbocycles. The molecule has 88 valence electrons. The van der Waals surface area contributed by atoms with Crippen LogP contribution in [0.1, 0.15) is 13.3 Å². The van der Waals surface area contributed by atoms with Crippen molar-refractivity contribution in [2.45, 2.75) is 19.4 Å². The lowest BCUT2D eigenvalue weighted by Crippen LogP contribution is -2.34. The summed E-state index contributed by atoms with van der Waals surface area (Å²) in [4.78, 5) is 4.86. The van der Waals surface area contributed by atoms with Crippen LogP contribution in [0, 0.1) is 0 Å². The van der Waals surface area contributed by atoms with Crippen LogP contribution in [0.2, 0.25) is 5.02 Å². The van der Waals surface area contributed by atoms with Crippen molar-refractivity contribution in [2.24, 2.45) is 0 Å². The Hall–Kier alpha value is -0.730.